The Labute approximate surface area is 103 Å². The van der Waals surface area contributed by atoms with Crippen LogP contribution in [0.25, 0.3) is 0 Å². The monoisotopic (exact) mass is 234 g/mol. The molecular weight excluding hydrogens is 212 g/mol. The molecule has 0 bridgehead atoms. The molecule has 1 N–H and O–H groups in total. The second-order valence-corrected chi connectivity index (χ2v) is 5.42. The zero-order valence-corrected chi connectivity index (χ0v) is 10.6. The number of aryl methyl sites for hydroxylation is 1. The van der Waals surface area contributed by atoms with Crippen LogP contribution in [0.3, 0.4) is 0 Å². The normalized spacial score (nSPS) is 28.8. The Morgan fingerprint density at radius 2 is 2.12 bits per heavy atom. The Morgan fingerprint density at radius 3 is 2.82 bits per heavy atom. The highest BCUT2D eigenvalue weighted by atomic mass is 15.3. The van der Waals surface area contributed by atoms with Crippen LogP contribution in [-0.4, -0.2) is 40.9 Å². The molecule has 17 heavy (non-hydrogen) atoms. The Balaban J connectivity index is 1.61. The Kier molecular flexibility index (Phi) is 3.16. The number of nitrogens with zero attached hydrogens (tertiary/aromatic N) is 3. The fraction of sp³-hybridized carbons (Fsp3) is 0.769. The first-order valence-corrected chi connectivity index (χ1v) is 6.80. The molecule has 94 valence electrons. The minimum Gasteiger partial charge on any atom is -0.316 e. The lowest BCUT2D eigenvalue weighted by atomic mass is 10.0. The lowest BCUT2D eigenvalue weighted by Crippen LogP contribution is -2.26. The van der Waals surface area contributed by atoms with Crippen molar-refractivity contribution in [3.8, 4) is 0 Å². The first-order chi connectivity index (χ1) is 8.36. The lowest BCUT2D eigenvalue weighted by Gasteiger charge is -2.17. The summed E-state index contributed by atoms with van der Waals surface area (Å²) in [5, 5.41) is 7.89. The maximum absolute atomic E-state index is 4.40. The molecule has 1 aromatic heterocycles. The molecule has 0 amide bonds. The molecule has 3 rings (SSSR count). The molecule has 0 saturated carbocycles. The van der Waals surface area contributed by atoms with Crippen molar-refractivity contribution in [3.05, 3.63) is 18.0 Å². The van der Waals surface area contributed by atoms with Crippen molar-refractivity contribution >= 4 is 0 Å². The first kappa shape index (κ1) is 11.2. The molecule has 4 nitrogen and oxygen atoms in total. The van der Waals surface area contributed by atoms with Crippen LogP contribution in [0.1, 0.15) is 19.0 Å². The van der Waals surface area contributed by atoms with Gasteiger partial charge in [-0.2, -0.15) is 5.10 Å². The quantitative estimate of drug-likeness (QED) is 0.842. The van der Waals surface area contributed by atoms with E-state index in [9.17, 15) is 0 Å². The predicted octanol–water partition coefficient (Wildman–Crippen LogP) is 0.944. The number of aromatic nitrogens is 2. The second-order valence-electron chi connectivity index (χ2n) is 5.42. The smallest absolute Gasteiger partial charge is 0.0524 e. The van der Waals surface area contributed by atoms with E-state index in [1.54, 1.807) is 0 Å². The highest BCUT2D eigenvalue weighted by Gasteiger charge is 2.35. The number of fused-ring (bicyclic) bond motifs is 1. The third-order valence-electron chi connectivity index (χ3n) is 4.09. The summed E-state index contributed by atoms with van der Waals surface area (Å²) in [7, 11) is 0. The molecule has 0 radical (unpaired) electrons. The van der Waals surface area contributed by atoms with Gasteiger partial charge in [0.25, 0.3) is 0 Å². The van der Waals surface area contributed by atoms with Crippen molar-refractivity contribution in [3.63, 3.8) is 0 Å². The minimum absolute atomic E-state index is 0.887. The van der Waals surface area contributed by atoms with Crippen molar-refractivity contribution in [2.45, 2.75) is 26.4 Å². The van der Waals surface area contributed by atoms with Gasteiger partial charge in [0, 0.05) is 32.4 Å². The molecule has 0 unspecified atom stereocenters. The number of nitrogens with one attached hydrogen (secondary N) is 1. The number of hydrogen-bond donors (Lipinski definition) is 1. The zero-order chi connectivity index (χ0) is 11.7. The van der Waals surface area contributed by atoms with Gasteiger partial charge in [-0.1, -0.05) is 6.92 Å². The minimum atomic E-state index is 0.887. The summed E-state index contributed by atoms with van der Waals surface area (Å²) in [5.74, 6) is 1.77. The van der Waals surface area contributed by atoms with Crippen LogP contribution in [0, 0.1) is 11.8 Å². The van der Waals surface area contributed by atoms with E-state index in [0.717, 1.165) is 31.3 Å². The predicted molar refractivity (Wildman–Crippen MR) is 67.6 cm³/mol. The average Bonchev–Trinajstić information content (AvgIpc) is 2.95. The van der Waals surface area contributed by atoms with Crippen LogP contribution in [0.4, 0.5) is 0 Å². The van der Waals surface area contributed by atoms with Gasteiger partial charge in [0.15, 0.2) is 0 Å². The number of hydrogen-bond acceptors (Lipinski definition) is 3. The van der Waals surface area contributed by atoms with E-state index in [0.29, 0.717) is 0 Å². The molecule has 1 aromatic rings. The van der Waals surface area contributed by atoms with E-state index in [1.165, 1.54) is 31.9 Å². The van der Waals surface area contributed by atoms with Crippen LogP contribution in [0.5, 0.6) is 0 Å². The van der Waals surface area contributed by atoms with E-state index < -0.39 is 0 Å². The van der Waals surface area contributed by atoms with Crippen molar-refractivity contribution in [1.29, 1.82) is 0 Å². The summed E-state index contributed by atoms with van der Waals surface area (Å²) in [6.07, 6.45) is 3.09. The first-order valence-electron chi connectivity index (χ1n) is 6.80. The number of rotatable bonds is 4. The maximum atomic E-state index is 4.40. The molecule has 0 spiro atoms. The van der Waals surface area contributed by atoms with Gasteiger partial charge in [0.2, 0.25) is 0 Å². The van der Waals surface area contributed by atoms with Gasteiger partial charge in [-0.15, -0.1) is 0 Å². The van der Waals surface area contributed by atoms with Crippen molar-refractivity contribution in [2.75, 3.05) is 26.2 Å². The van der Waals surface area contributed by atoms with Crippen LogP contribution in [-0.2, 0) is 13.1 Å². The van der Waals surface area contributed by atoms with E-state index in [2.05, 4.69) is 33.0 Å². The van der Waals surface area contributed by atoms with Crippen LogP contribution < -0.4 is 5.32 Å². The van der Waals surface area contributed by atoms with Gasteiger partial charge in [0.05, 0.1) is 5.69 Å². The summed E-state index contributed by atoms with van der Waals surface area (Å²) < 4.78 is 2.16. The van der Waals surface area contributed by atoms with Gasteiger partial charge in [0.1, 0.15) is 0 Å². The Morgan fingerprint density at radius 1 is 1.35 bits per heavy atom. The van der Waals surface area contributed by atoms with Crippen LogP contribution in [0.15, 0.2) is 12.3 Å². The molecule has 4 heteroatoms. The zero-order valence-electron chi connectivity index (χ0n) is 10.6. The topological polar surface area (TPSA) is 33.1 Å². The molecule has 0 aliphatic carbocycles. The second kappa shape index (κ2) is 4.78. The maximum Gasteiger partial charge on any atom is 0.0524 e. The Bertz CT molecular complexity index is 361. The highest BCUT2D eigenvalue weighted by molar-refractivity contribution is 5.02. The molecular formula is C13H22N4. The molecule has 2 atom stereocenters. The summed E-state index contributed by atoms with van der Waals surface area (Å²) in [6.45, 7) is 9.28. The van der Waals surface area contributed by atoms with Crippen molar-refractivity contribution < 1.29 is 0 Å². The van der Waals surface area contributed by atoms with Crippen molar-refractivity contribution in [2.24, 2.45) is 11.8 Å². The molecule has 0 aromatic carbocycles. The molecule has 2 fully saturated rings. The highest BCUT2D eigenvalue weighted by Crippen LogP contribution is 2.27. The van der Waals surface area contributed by atoms with Gasteiger partial charge in [-0.3, -0.25) is 9.58 Å². The van der Waals surface area contributed by atoms with Gasteiger partial charge >= 0.3 is 0 Å². The lowest BCUT2D eigenvalue weighted by molar-refractivity contribution is 0.294. The molecule has 3 heterocycles. The van der Waals surface area contributed by atoms with Gasteiger partial charge < -0.3 is 5.32 Å². The summed E-state index contributed by atoms with van der Waals surface area (Å²) in [4.78, 5) is 2.60. The van der Waals surface area contributed by atoms with E-state index in [1.807, 2.05) is 6.20 Å². The van der Waals surface area contributed by atoms with E-state index in [-0.39, 0.29) is 0 Å². The standard InChI is InChI=1S/C13H22N4/c1-2-5-17-13(3-4-15-17)10-16-8-11-6-14-7-12(11)9-16/h3-4,11-12,14H,2,5-10H2,1H3/t11-,12+. The fourth-order valence-corrected chi connectivity index (χ4v) is 3.22. The van der Waals surface area contributed by atoms with Gasteiger partial charge in [-0.05, 0) is 37.4 Å². The fourth-order valence-electron chi connectivity index (χ4n) is 3.22. The summed E-state index contributed by atoms with van der Waals surface area (Å²) in [5.41, 5.74) is 1.37. The van der Waals surface area contributed by atoms with Crippen LogP contribution in [0.2, 0.25) is 0 Å². The molecule has 2 saturated heterocycles. The number of likely N-dealkylation sites (tertiary alicyclic amines) is 1. The van der Waals surface area contributed by atoms with E-state index in [4.69, 9.17) is 0 Å². The SMILES string of the molecule is CCCn1nccc1CN1C[C@H]2CNC[C@H]2C1. The summed E-state index contributed by atoms with van der Waals surface area (Å²) >= 11 is 0. The van der Waals surface area contributed by atoms with Gasteiger partial charge in [-0.25, -0.2) is 0 Å². The third-order valence-corrected chi connectivity index (χ3v) is 4.09. The Hall–Kier alpha value is -0.870. The van der Waals surface area contributed by atoms with Crippen LogP contribution >= 0.6 is 0 Å². The third kappa shape index (κ3) is 2.24. The summed E-state index contributed by atoms with van der Waals surface area (Å²) in [6, 6.07) is 2.17. The largest absolute Gasteiger partial charge is 0.316 e. The van der Waals surface area contributed by atoms with Crippen molar-refractivity contribution in [1.82, 2.24) is 20.0 Å². The van der Waals surface area contributed by atoms with E-state index >= 15 is 0 Å². The molecule has 2 aliphatic heterocycles. The molecule has 2 aliphatic rings. The average molecular weight is 234 g/mol.